The monoisotopic (exact) mass is 337 g/mol. The second kappa shape index (κ2) is 5.91. The molecule has 0 amide bonds. The van der Waals surface area contributed by atoms with Gasteiger partial charge in [-0.1, -0.05) is 36.4 Å². The number of fused-ring (bicyclic) bond motifs is 2. The maximum atomic E-state index is 12.8. The van der Waals surface area contributed by atoms with Crippen LogP contribution < -0.4 is 4.90 Å². The lowest BCUT2D eigenvalue weighted by atomic mass is 9.97. The van der Waals surface area contributed by atoms with Crippen LogP contribution in [0.15, 0.2) is 53.7 Å². The van der Waals surface area contributed by atoms with E-state index in [0.29, 0.717) is 10.9 Å². The summed E-state index contributed by atoms with van der Waals surface area (Å²) < 4.78 is 12.8. The summed E-state index contributed by atoms with van der Waals surface area (Å²) in [6.45, 7) is 3.01. The Hall–Kier alpha value is -2.40. The van der Waals surface area contributed by atoms with Crippen LogP contribution >= 0.6 is 0 Å². The molecule has 1 aromatic heterocycles. The first-order chi connectivity index (χ1) is 11.6. The third-order valence-corrected chi connectivity index (χ3v) is 5.67. The highest BCUT2D eigenvalue weighted by atomic mass is 32.2. The number of imidazole rings is 1. The van der Waals surface area contributed by atoms with Crippen molar-refractivity contribution in [2.24, 2.45) is 0 Å². The molecule has 2 heterocycles. The summed E-state index contributed by atoms with van der Waals surface area (Å²) >= 11 is 0. The number of anilines is 1. The first kappa shape index (κ1) is 15.1. The number of likely N-dealkylation sites (N-methyl/N-ethyl adjacent to an activating group) is 1. The Morgan fingerprint density at radius 2 is 2.04 bits per heavy atom. The van der Waals surface area contributed by atoms with Crippen LogP contribution in [0.5, 0.6) is 0 Å². The molecule has 0 bridgehead atoms. The number of rotatable bonds is 3. The lowest BCUT2D eigenvalue weighted by Gasteiger charge is -2.28. The standard InChI is InChI=1S/C19H19N3OS/c1-13-10-11-22(2)18-14(6-5-7-15(13)18)12-24(23)19-20-16-8-3-4-9-17(16)21-19/h3-10H,11-12H2,1-2H3,(H,20,21). The SMILES string of the molecule is CC1=CCN(C)c2c(CS(=O)c3nc4ccccc4[nH]3)cccc21. The molecular formula is C19H19N3OS. The second-order valence-corrected chi connectivity index (χ2v) is 7.50. The number of hydrogen-bond acceptors (Lipinski definition) is 3. The Balaban J connectivity index is 1.69. The summed E-state index contributed by atoms with van der Waals surface area (Å²) in [4.78, 5) is 9.87. The van der Waals surface area contributed by atoms with E-state index in [9.17, 15) is 4.21 Å². The van der Waals surface area contributed by atoms with Gasteiger partial charge in [0.25, 0.3) is 0 Å². The zero-order chi connectivity index (χ0) is 16.7. The molecule has 2 aromatic carbocycles. The van der Waals surface area contributed by atoms with Gasteiger partial charge < -0.3 is 9.88 Å². The predicted octanol–water partition coefficient (Wildman–Crippen LogP) is 3.72. The average molecular weight is 337 g/mol. The molecule has 0 saturated carbocycles. The lowest BCUT2D eigenvalue weighted by molar-refractivity contribution is 0.677. The summed E-state index contributed by atoms with van der Waals surface area (Å²) in [6.07, 6.45) is 2.22. The zero-order valence-corrected chi connectivity index (χ0v) is 14.6. The number of nitrogens with zero attached hydrogens (tertiary/aromatic N) is 2. The Labute approximate surface area is 143 Å². The fraction of sp³-hybridized carbons (Fsp3) is 0.211. The van der Waals surface area contributed by atoms with Gasteiger partial charge in [-0.15, -0.1) is 0 Å². The maximum Gasteiger partial charge on any atom is 0.197 e. The minimum atomic E-state index is -1.20. The van der Waals surface area contributed by atoms with E-state index in [4.69, 9.17) is 0 Å². The number of H-pyrrole nitrogens is 1. The van der Waals surface area contributed by atoms with E-state index < -0.39 is 10.8 Å². The van der Waals surface area contributed by atoms with E-state index >= 15 is 0 Å². The van der Waals surface area contributed by atoms with Crippen LogP contribution in [0, 0.1) is 0 Å². The van der Waals surface area contributed by atoms with Crippen molar-refractivity contribution in [2.45, 2.75) is 17.8 Å². The Kier molecular flexibility index (Phi) is 3.73. The zero-order valence-electron chi connectivity index (χ0n) is 13.7. The predicted molar refractivity (Wildman–Crippen MR) is 99.6 cm³/mol. The number of aromatic amines is 1. The summed E-state index contributed by atoms with van der Waals surface area (Å²) in [7, 11) is 0.875. The molecule has 0 aliphatic carbocycles. The Morgan fingerprint density at radius 1 is 1.21 bits per heavy atom. The summed E-state index contributed by atoms with van der Waals surface area (Å²) in [6, 6.07) is 14.0. The van der Waals surface area contributed by atoms with Gasteiger partial charge in [0, 0.05) is 24.8 Å². The van der Waals surface area contributed by atoms with Crippen molar-refractivity contribution >= 4 is 33.1 Å². The summed E-state index contributed by atoms with van der Waals surface area (Å²) in [5.74, 6) is 0.459. The van der Waals surface area contributed by atoms with E-state index in [-0.39, 0.29) is 0 Å². The highest BCUT2D eigenvalue weighted by molar-refractivity contribution is 7.84. The second-order valence-electron chi connectivity index (χ2n) is 6.13. The van der Waals surface area contributed by atoms with Crippen LogP contribution in [0.1, 0.15) is 18.1 Å². The molecule has 5 heteroatoms. The van der Waals surface area contributed by atoms with Crippen molar-refractivity contribution in [3.05, 3.63) is 59.7 Å². The average Bonchev–Trinajstić information content (AvgIpc) is 3.02. The van der Waals surface area contributed by atoms with Gasteiger partial charge in [0.15, 0.2) is 5.16 Å². The summed E-state index contributed by atoms with van der Waals surface area (Å²) in [5, 5.41) is 0.541. The first-order valence-corrected chi connectivity index (χ1v) is 9.28. The molecule has 1 unspecified atom stereocenters. The van der Waals surface area contributed by atoms with Gasteiger partial charge in [-0.3, -0.25) is 4.21 Å². The van der Waals surface area contributed by atoms with Crippen LogP contribution in [0.3, 0.4) is 0 Å². The Morgan fingerprint density at radius 3 is 2.88 bits per heavy atom. The van der Waals surface area contributed by atoms with Gasteiger partial charge in [-0.05, 0) is 30.2 Å². The van der Waals surface area contributed by atoms with E-state index in [1.807, 2.05) is 30.3 Å². The van der Waals surface area contributed by atoms with Crippen LogP contribution in [-0.2, 0) is 16.6 Å². The quantitative estimate of drug-likeness (QED) is 0.792. The van der Waals surface area contributed by atoms with Crippen LogP contribution in [0.25, 0.3) is 16.6 Å². The molecule has 0 fully saturated rings. The minimum Gasteiger partial charge on any atom is -0.370 e. The van der Waals surface area contributed by atoms with Gasteiger partial charge >= 0.3 is 0 Å². The fourth-order valence-electron chi connectivity index (χ4n) is 3.20. The van der Waals surface area contributed by atoms with Crippen LogP contribution in [-0.4, -0.2) is 27.8 Å². The van der Waals surface area contributed by atoms with Crippen molar-refractivity contribution in [1.29, 1.82) is 0 Å². The fourth-order valence-corrected chi connectivity index (χ4v) is 4.27. The highest BCUT2D eigenvalue weighted by Gasteiger charge is 2.20. The van der Waals surface area contributed by atoms with Crippen molar-refractivity contribution in [2.75, 3.05) is 18.5 Å². The van der Waals surface area contributed by atoms with E-state index in [0.717, 1.165) is 23.1 Å². The van der Waals surface area contributed by atoms with Crippen molar-refractivity contribution in [1.82, 2.24) is 9.97 Å². The first-order valence-electron chi connectivity index (χ1n) is 7.97. The van der Waals surface area contributed by atoms with Gasteiger partial charge in [0.2, 0.25) is 0 Å². The molecule has 4 rings (SSSR count). The molecule has 3 aromatic rings. The molecule has 0 spiro atoms. The molecule has 1 N–H and O–H groups in total. The van der Waals surface area contributed by atoms with Crippen molar-refractivity contribution in [3.63, 3.8) is 0 Å². The Bertz CT molecular complexity index is 941. The molecule has 122 valence electrons. The third kappa shape index (κ3) is 2.55. The molecule has 0 saturated heterocycles. The highest BCUT2D eigenvalue weighted by Crippen LogP contribution is 2.34. The molecule has 1 atom stereocenters. The van der Waals surface area contributed by atoms with Crippen LogP contribution in [0.2, 0.25) is 0 Å². The van der Waals surface area contributed by atoms with E-state index in [2.05, 4.69) is 47.0 Å². The molecule has 0 radical (unpaired) electrons. The van der Waals surface area contributed by atoms with Gasteiger partial charge in [-0.2, -0.15) is 0 Å². The number of hydrogen-bond donors (Lipinski definition) is 1. The molecular weight excluding hydrogens is 318 g/mol. The smallest absolute Gasteiger partial charge is 0.197 e. The largest absolute Gasteiger partial charge is 0.370 e. The van der Waals surface area contributed by atoms with Crippen LogP contribution in [0.4, 0.5) is 5.69 Å². The van der Waals surface area contributed by atoms with Crippen molar-refractivity contribution < 1.29 is 4.21 Å². The summed E-state index contributed by atoms with van der Waals surface area (Å²) in [5.41, 5.74) is 6.56. The maximum absolute atomic E-state index is 12.8. The van der Waals surface area contributed by atoms with E-state index in [1.165, 1.54) is 16.8 Å². The van der Waals surface area contributed by atoms with Gasteiger partial charge in [0.05, 0.1) is 27.6 Å². The molecule has 1 aliphatic rings. The number of allylic oxidation sites excluding steroid dienone is 1. The number of para-hydroxylation sites is 3. The molecule has 4 nitrogen and oxygen atoms in total. The molecule has 24 heavy (non-hydrogen) atoms. The number of benzene rings is 2. The van der Waals surface area contributed by atoms with Gasteiger partial charge in [0.1, 0.15) is 0 Å². The third-order valence-electron chi connectivity index (χ3n) is 4.47. The number of aromatic nitrogens is 2. The topological polar surface area (TPSA) is 49.0 Å². The number of nitrogens with one attached hydrogen (secondary N) is 1. The van der Waals surface area contributed by atoms with E-state index in [1.54, 1.807) is 0 Å². The van der Waals surface area contributed by atoms with Crippen molar-refractivity contribution in [3.8, 4) is 0 Å². The van der Waals surface area contributed by atoms with Gasteiger partial charge in [-0.25, -0.2) is 4.98 Å². The normalized spacial score (nSPS) is 15.2. The lowest BCUT2D eigenvalue weighted by Crippen LogP contribution is -2.23. The molecule has 1 aliphatic heterocycles. The minimum absolute atomic E-state index is 0.459.